The fraction of sp³-hybridized carbons (Fsp3) is 0.833. The van der Waals surface area contributed by atoms with E-state index >= 15 is 0 Å². The maximum absolute atomic E-state index is 5.01. The van der Waals surface area contributed by atoms with Crippen molar-refractivity contribution in [1.29, 1.82) is 0 Å². The van der Waals surface area contributed by atoms with Gasteiger partial charge in [0, 0.05) is 0 Å². The van der Waals surface area contributed by atoms with Gasteiger partial charge in [-0.1, -0.05) is 0 Å². The molecule has 0 heterocycles. The second-order valence-corrected chi connectivity index (χ2v) is 2.97. The van der Waals surface area contributed by atoms with Crippen LogP contribution in [0.2, 0.25) is 0 Å². The van der Waals surface area contributed by atoms with E-state index in [1.54, 1.807) is 7.11 Å². The summed E-state index contributed by atoms with van der Waals surface area (Å²) in [7, 11) is 1.72. The van der Waals surface area contributed by atoms with Crippen LogP contribution in [0.15, 0.2) is 0 Å². The summed E-state index contributed by atoms with van der Waals surface area (Å²) in [5, 5.41) is 0. The van der Waals surface area contributed by atoms with Crippen molar-refractivity contribution in [1.82, 2.24) is 0 Å². The first kappa shape index (κ1) is 6.48. The molecular weight excluding hydrogens is 140 g/mol. The molecule has 2 atom stereocenters. The third kappa shape index (κ3) is 1.20. The van der Waals surface area contributed by atoms with Crippen LogP contribution in [0.3, 0.4) is 0 Å². The molecule has 1 saturated carbocycles. The molecule has 0 aromatic rings. The molecule has 1 aliphatic carbocycles. The summed E-state index contributed by atoms with van der Waals surface area (Å²) in [6, 6.07) is 0. The van der Waals surface area contributed by atoms with Crippen LogP contribution in [0.1, 0.15) is 13.3 Å². The van der Waals surface area contributed by atoms with Crippen LogP contribution in [0, 0.1) is 11.8 Å². The minimum absolute atomic E-state index is 0.722. The fourth-order valence-corrected chi connectivity index (χ4v) is 1.31. The van der Waals surface area contributed by atoms with Crippen LogP contribution in [0.5, 0.6) is 0 Å². The Morgan fingerprint density at radius 3 is 2.38 bits per heavy atom. The molecule has 0 N–H and O–H groups in total. The zero-order chi connectivity index (χ0) is 6.15. The van der Waals surface area contributed by atoms with Crippen LogP contribution < -0.4 is 0 Å². The van der Waals surface area contributed by atoms with Gasteiger partial charge >= 0.3 is 57.4 Å². The first-order valence-electron chi connectivity index (χ1n) is 2.83. The summed E-state index contributed by atoms with van der Waals surface area (Å²) in [4.78, 5) is 0. The third-order valence-electron chi connectivity index (χ3n) is 1.61. The summed E-state index contributed by atoms with van der Waals surface area (Å²) in [6.45, 7) is 2.24. The van der Waals surface area contributed by atoms with Gasteiger partial charge in [0.1, 0.15) is 0 Å². The van der Waals surface area contributed by atoms with Gasteiger partial charge in [-0.3, -0.25) is 0 Å². The fourth-order valence-electron chi connectivity index (χ4n) is 0.802. The second kappa shape index (κ2) is 2.31. The van der Waals surface area contributed by atoms with Gasteiger partial charge in [0.05, 0.1) is 0 Å². The first-order chi connectivity index (χ1) is 3.75. The maximum atomic E-state index is 5.01. The zero-order valence-electron chi connectivity index (χ0n) is 5.18. The van der Waals surface area contributed by atoms with Crippen LogP contribution in [-0.4, -0.2) is 11.7 Å². The van der Waals surface area contributed by atoms with Gasteiger partial charge in [-0.15, -0.1) is 0 Å². The van der Waals surface area contributed by atoms with Crippen LogP contribution in [0.25, 0.3) is 0 Å². The van der Waals surface area contributed by atoms with E-state index in [0.717, 1.165) is 16.4 Å². The van der Waals surface area contributed by atoms with Crippen molar-refractivity contribution < 1.29 is 20.6 Å². The number of hydrogen-bond donors (Lipinski definition) is 0. The van der Waals surface area contributed by atoms with E-state index in [4.69, 9.17) is 4.74 Å². The molecule has 0 aliphatic heterocycles. The van der Waals surface area contributed by atoms with Gasteiger partial charge in [-0.05, 0) is 0 Å². The van der Waals surface area contributed by atoms with Gasteiger partial charge in [-0.2, -0.15) is 0 Å². The Kier molecular flexibility index (Phi) is 1.87. The molecule has 2 heteroatoms. The van der Waals surface area contributed by atoms with Gasteiger partial charge in [0.2, 0.25) is 0 Å². The van der Waals surface area contributed by atoms with Crippen molar-refractivity contribution in [2.75, 3.05) is 7.11 Å². The topological polar surface area (TPSA) is 9.23 Å². The quantitative estimate of drug-likeness (QED) is 0.569. The van der Waals surface area contributed by atoms with E-state index in [9.17, 15) is 0 Å². The molecule has 0 spiro atoms. The molecule has 0 aromatic carbocycles. The monoisotopic (exact) mass is 150 g/mol. The van der Waals surface area contributed by atoms with E-state index in [2.05, 4.69) is 22.8 Å². The predicted molar refractivity (Wildman–Crippen MR) is 29.3 cm³/mol. The summed E-state index contributed by atoms with van der Waals surface area (Å²) in [6.07, 6.45) is 1.30. The Balaban J connectivity index is 2.28. The molecule has 1 aliphatic rings. The number of hydrogen-bond acceptors (Lipinski definition) is 1. The molecule has 8 heavy (non-hydrogen) atoms. The van der Waals surface area contributed by atoms with Crippen molar-refractivity contribution in [3.8, 4) is 0 Å². The molecule has 0 bridgehead atoms. The normalized spacial score (nSPS) is 34.8. The average molecular weight is 150 g/mol. The third-order valence-corrected chi connectivity index (χ3v) is 2.35. The van der Waals surface area contributed by atoms with Gasteiger partial charge in [0.15, 0.2) is 0 Å². The first-order valence-corrected chi connectivity index (χ1v) is 3.47. The Labute approximate surface area is 58.0 Å². The van der Waals surface area contributed by atoms with Crippen LogP contribution in [-0.2, 0) is 20.6 Å². The summed E-state index contributed by atoms with van der Waals surface area (Å²) < 4.78 is 6.09. The van der Waals surface area contributed by atoms with E-state index < -0.39 is 0 Å². The SMILES string of the molecule is CO[C](=[Cr])C1CC1C. The number of rotatable bonds is 2. The Morgan fingerprint density at radius 1 is 1.75 bits per heavy atom. The average Bonchev–Trinajstić information content (AvgIpc) is 2.45. The molecule has 0 radical (unpaired) electrons. The summed E-state index contributed by atoms with van der Waals surface area (Å²) in [5.41, 5.74) is 0. The van der Waals surface area contributed by atoms with Crippen LogP contribution >= 0.6 is 0 Å². The Hall–Kier alpha value is 0.362. The van der Waals surface area contributed by atoms with Gasteiger partial charge in [-0.25, -0.2) is 0 Å². The van der Waals surface area contributed by atoms with Crippen molar-refractivity contribution in [2.24, 2.45) is 11.8 Å². The predicted octanol–water partition coefficient (Wildman–Crippen LogP) is 0.966. The van der Waals surface area contributed by atoms with E-state index in [-0.39, 0.29) is 0 Å². The van der Waals surface area contributed by atoms with E-state index in [1.807, 2.05) is 0 Å². The molecule has 1 nitrogen and oxygen atoms in total. The second-order valence-electron chi connectivity index (χ2n) is 2.34. The van der Waals surface area contributed by atoms with E-state index in [1.165, 1.54) is 6.42 Å². The number of ether oxygens (including phenoxy) is 1. The van der Waals surface area contributed by atoms with Gasteiger partial charge in [0.25, 0.3) is 0 Å². The van der Waals surface area contributed by atoms with Crippen molar-refractivity contribution in [3.63, 3.8) is 0 Å². The van der Waals surface area contributed by atoms with Crippen LogP contribution in [0.4, 0.5) is 0 Å². The molecular formula is C6H10CrO. The van der Waals surface area contributed by atoms with E-state index in [0.29, 0.717) is 0 Å². The molecule has 0 aromatic heterocycles. The summed E-state index contributed by atoms with van der Waals surface area (Å²) >= 11 is 2.91. The van der Waals surface area contributed by atoms with Crippen molar-refractivity contribution in [3.05, 3.63) is 0 Å². The molecule has 1 fully saturated rings. The molecule has 2 unspecified atom stereocenters. The standard InChI is InChI=1S/C6H10O.Cr/c1-5-3-6(5)4-7-2;/h5-6H,3H2,1-2H3;. The molecule has 0 saturated heterocycles. The van der Waals surface area contributed by atoms with Gasteiger partial charge < -0.3 is 0 Å². The molecule has 0 amide bonds. The number of methoxy groups -OCH3 is 1. The minimum atomic E-state index is 0.722. The zero-order valence-corrected chi connectivity index (χ0v) is 6.45. The van der Waals surface area contributed by atoms with Crippen molar-refractivity contribution >= 4 is 4.57 Å². The summed E-state index contributed by atoms with van der Waals surface area (Å²) in [5.74, 6) is 1.58. The Morgan fingerprint density at radius 2 is 2.25 bits per heavy atom. The molecule has 46 valence electrons. The van der Waals surface area contributed by atoms with Crippen molar-refractivity contribution in [2.45, 2.75) is 13.3 Å². The molecule has 1 rings (SSSR count). The Bertz CT molecular complexity index is 111.